The minimum atomic E-state index is 0.0929. The van der Waals surface area contributed by atoms with Crippen LogP contribution in [0.4, 0.5) is 0 Å². The first-order valence-corrected chi connectivity index (χ1v) is 8.37. The van der Waals surface area contributed by atoms with Crippen LogP contribution in [0.5, 0.6) is 0 Å². The van der Waals surface area contributed by atoms with Crippen molar-refractivity contribution in [3.63, 3.8) is 0 Å². The number of piperazine rings is 1. The number of thiophene rings is 1. The molecule has 0 bridgehead atoms. The summed E-state index contributed by atoms with van der Waals surface area (Å²) in [6.45, 7) is 2.56. The molecule has 1 aromatic carbocycles. The first-order chi connectivity index (χ1) is 10.7. The summed E-state index contributed by atoms with van der Waals surface area (Å²) >= 11 is 1.64. The van der Waals surface area contributed by atoms with Gasteiger partial charge in [-0.2, -0.15) is 0 Å². The third-order valence-electron chi connectivity index (χ3n) is 3.98. The Morgan fingerprint density at radius 3 is 2.73 bits per heavy atom. The van der Waals surface area contributed by atoms with E-state index >= 15 is 0 Å². The van der Waals surface area contributed by atoms with Crippen LogP contribution in [-0.4, -0.2) is 42.4 Å². The smallest absolute Gasteiger partial charge is 0.247 e. The zero-order valence-corrected chi connectivity index (χ0v) is 13.5. The molecule has 1 saturated heterocycles. The van der Waals surface area contributed by atoms with Crippen molar-refractivity contribution in [1.29, 1.82) is 0 Å². The molecule has 1 aliphatic rings. The first-order valence-electron chi connectivity index (χ1n) is 7.50. The first kappa shape index (κ1) is 15.0. The van der Waals surface area contributed by atoms with Crippen molar-refractivity contribution >= 4 is 23.3 Å². The molecule has 0 N–H and O–H groups in total. The Hall–Kier alpha value is -1.91. The molecule has 1 aliphatic heterocycles. The highest BCUT2D eigenvalue weighted by atomic mass is 32.1. The molecule has 114 valence electrons. The number of likely N-dealkylation sites (N-methyl/N-ethyl adjacent to an activating group) is 1. The van der Waals surface area contributed by atoms with Crippen molar-refractivity contribution in [3.8, 4) is 0 Å². The third-order valence-corrected chi connectivity index (χ3v) is 4.82. The second-order valence-electron chi connectivity index (χ2n) is 5.57. The van der Waals surface area contributed by atoms with Gasteiger partial charge >= 0.3 is 0 Å². The van der Waals surface area contributed by atoms with Gasteiger partial charge < -0.3 is 9.80 Å². The van der Waals surface area contributed by atoms with E-state index in [1.807, 2.05) is 46.7 Å². The average molecular weight is 312 g/mol. The molecule has 1 amide bonds. The number of carbonyl (C=O) groups is 1. The van der Waals surface area contributed by atoms with E-state index in [4.69, 9.17) is 0 Å². The molecule has 1 aromatic heterocycles. The Balaban J connectivity index is 1.79. The largest absolute Gasteiger partial charge is 0.330 e. The molecular weight excluding hydrogens is 292 g/mol. The lowest BCUT2D eigenvalue weighted by Crippen LogP contribution is -2.48. The molecule has 4 heteroatoms. The molecule has 3 rings (SSSR count). The van der Waals surface area contributed by atoms with E-state index in [1.54, 1.807) is 17.4 Å². The van der Waals surface area contributed by atoms with Crippen molar-refractivity contribution < 1.29 is 4.79 Å². The van der Waals surface area contributed by atoms with Crippen LogP contribution in [-0.2, 0) is 4.79 Å². The van der Waals surface area contributed by atoms with Gasteiger partial charge in [0.25, 0.3) is 0 Å². The van der Waals surface area contributed by atoms with Gasteiger partial charge in [0.05, 0.1) is 6.04 Å². The number of nitrogens with zero attached hydrogens (tertiary/aromatic N) is 2. The van der Waals surface area contributed by atoms with E-state index in [2.05, 4.69) is 24.1 Å². The highest BCUT2D eigenvalue weighted by Crippen LogP contribution is 2.25. The van der Waals surface area contributed by atoms with Gasteiger partial charge in [-0.15, -0.1) is 11.3 Å². The summed E-state index contributed by atoms with van der Waals surface area (Å²) in [5.41, 5.74) is 1.20. The summed E-state index contributed by atoms with van der Waals surface area (Å²) in [5, 5.41) is 2.02. The predicted molar refractivity (Wildman–Crippen MR) is 91.7 cm³/mol. The van der Waals surface area contributed by atoms with Crippen LogP contribution < -0.4 is 0 Å². The van der Waals surface area contributed by atoms with E-state index in [0.717, 1.165) is 24.5 Å². The zero-order chi connectivity index (χ0) is 15.4. The predicted octanol–water partition coefficient (Wildman–Crippen LogP) is 3.28. The van der Waals surface area contributed by atoms with Crippen LogP contribution in [0.2, 0.25) is 0 Å². The zero-order valence-electron chi connectivity index (χ0n) is 12.7. The Kier molecular flexibility index (Phi) is 4.71. The standard InChI is InChI=1S/C18H20N2OS/c1-19-11-12-20(17(14-19)15-6-3-2-4-7-15)18(21)10-9-16-8-5-13-22-16/h2-10,13,17H,11-12,14H2,1H3/b10-9+. The number of amides is 1. The summed E-state index contributed by atoms with van der Waals surface area (Å²) in [6.07, 6.45) is 3.61. The van der Waals surface area contributed by atoms with Gasteiger partial charge in [0.15, 0.2) is 0 Å². The minimum Gasteiger partial charge on any atom is -0.330 e. The van der Waals surface area contributed by atoms with Crippen molar-refractivity contribution in [2.75, 3.05) is 26.7 Å². The van der Waals surface area contributed by atoms with E-state index in [1.165, 1.54) is 5.56 Å². The SMILES string of the molecule is CN1CCN(C(=O)/C=C/c2cccs2)C(c2ccccc2)C1. The summed E-state index contributed by atoms with van der Waals surface area (Å²) < 4.78 is 0. The fraction of sp³-hybridized carbons (Fsp3) is 0.278. The molecule has 22 heavy (non-hydrogen) atoms. The topological polar surface area (TPSA) is 23.6 Å². The Bertz CT molecular complexity index is 636. The molecule has 2 heterocycles. The van der Waals surface area contributed by atoms with Crippen molar-refractivity contribution in [1.82, 2.24) is 9.80 Å². The summed E-state index contributed by atoms with van der Waals surface area (Å²) in [5.74, 6) is 0.0929. The molecule has 0 saturated carbocycles. The highest BCUT2D eigenvalue weighted by molar-refractivity contribution is 7.10. The van der Waals surface area contributed by atoms with E-state index in [-0.39, 0.29) is 11.9 Å². The van der Waals surface area contributed by atoms with Crippen LogP contribution in [0, 0.1) is 0 Å². The molecule has 3 nitrogen and oxygen atoms in total. The highest BCUT2D eigenvalue weighted by Gasteiger charge is 2.28. The van der Waals surface area contributed by atoms with Gasteiger partial charge in [-0.25, -0.2) is 0 Å². The van der Waals surface area contributed by atoms with Gasteiger partial charge in [0.1, 0.15) is 0 Å². The van der Waals surface area contributed by atoms with Crippen LogP contribution in [0.15, 0.2) is 53.9 Å². The average Bonchev–Trinajstić information content (AvgIpc) is 3.07. The van der Waals surface area contributed by atoms with E-state index in [0.29, 0.717) is 0 Å². The molecule has 1 atom stereocenters. The van der Waals surface area contributed by atoms with Crippen molar-refractivity contribution in [3.05, 3.63) is 64.4 Å². The van der Waals surface area contributed by atoms with Crippen molar-refractivity contribution in [2.45, 2.75) is 6.04 Å². The summed E-state index contributed by atoms with van der Waals surface area (Å²) in [6, 6.07) is 14.4. The van der Waals surface area contributed by atoms with Crippen LogP contribution >= 0.6 is 11.3 Å². The lowest BCUT2D eigenvalue weighted by molar-refractivity contribution is -0.130. The molecule has 0 radical (unpaired) electrons. The lowest BCUT2D eigenvalue weighted by atomic mass is 10.0. The second kappa shape index (κ2) is 6.90. The third kappa shape index (κ3) is 3.46. The number of benzene rings is 1. The van der Waals surface area contributed by atoms with Gasteiger partial charge in [-0.3, -0.25) is 4.79 Å². The van der Waals surface area contributed by atoms with Gasteiger partial charge in [0, 0.05) is 30.6 Å². The molecule has 0 aliphatic carbocycles. The fourth-order valence-corrected chi connectivity index (χ4v) is 3.40. The van der Waals surface area contributed by atoms with E-state index in [9.17, 15) is 4.79 Å². The molecule has 1 fully saturated rings. The molecular formula is C18H20N2OS. The number of carbonyl (C=O) groups excluding carboxylic acids is 1. The van der Waals surface area contributed by atoms with Gasteiger partial charge in [-0.05, 0) is 30.1 Å². The lowest BCUT2D eigenvalue weighted by Gasteiger charge is -2.39. The maximum absolute atomic E-state index is 12.6. The van der Waals surface area contributed by atoms with Crippen molar-refractivity contribution in [2.24, 2.45) is 0 Å². The van der Waals surface area contributed by atoms with Crippen LogP contribution in [0.3, 0.4) is 0 Å². The number of hydrogen-bond acceptors (Lipinski definition) is 3. The maximum atomic E-state index is 12.6. The Morgan fingerprint density at radius 2 is 2.00 bits per heavy atom. The minimum absolute atomic E-state index is 0.0929. The molecule has 2 aromatic rings. The van der Waals surface area contributed by atoms with E-state index < -0.39 is 0 Å². The number of hydrogen-bond donors (Lipinski definition) is 0. The normalized spacial score (nSPS) is 19.7. The maximum Gasteiger partial charge on any atom is 0.247 e. The van der Waals surface area contributed by atoms with Gasteiger partial charge in [-0.1, -0.05) is 36.4 Å². The Morgan fingerprint density at radius 1 is 1.18 bits per heavy atom. The summed E-state index contributed by atoms with van der Waals surface area (Å²) in [7, 11) is 2.11. The quantitative estimate of drug-likeness (QED) is 0.812. The Labute approximate surface area is 135 Å². The van der Waals surface area contributed by atoms with Crippen LogP contribution in [0.25, 0.3) is 6.08 Å². The monoisotopic (exact) mass is 312 g/mol. The van der Waals surface area contributed by atoms with Gasteiger partial charge in [0.2, 0.25) is 5.91 Å². The summed E-state index contributed by atoms with van der Waals surface area (Å²) in [4.78, 5) is 18.0. The molecule has 1 unspecified atom stereocenters. The molecule has 0 spiro atoms. The number of rotatable bonds is 3. The fourth-order valence-electron chi connectivity index (χ4n) is 2.78. The second-order valence-corrected chi connectivity index (χ2v) is 6.55. The van der Waals surface area contributed by atoms with Crippen LogP contribution in [0.1, 0.15) is 16.5 Å².